The van der Waals surface area contributed by atoms with Gasteiger partial charge in [0.25, 0.3) is 0 Å². The lowest BCUT2D eigenvalue weighted by molar-refractivity contribution is 0.0983. The number of anilines is 1. The number of carbonyl (C=O) groups excluding carboxylic acids is 1. The molecule has 0 aliphatic carbocycles. The first-order chi connectivity index (χ1) is 8.56. The fraction of sp³-hybridized carbons (Fsp3) is 0.231. The molecule has 0 aliphatic heterocycles. The van der Waals surface area contributed by atoms with Crippen molar-refractivity contribution in [3.8, 4) is 0 Å². The Morgan fingerprint density at radius 2 is 2.28 bits per heavy atom. The molecule has 1 aromatic heterocycles. The van der Waals surface area contributed by atoms with E-state index in [0.717, 1.165) is 10.0 Å². The third kappa shape index (κ3) is 2.98. The maximum absolute atomic E-state index is 12.1. The number of hydrogen-bond acceptors (Lipinski definition) is 3. The average molecular weight is 308 g/mol. The molecule has 0 aliphatic rings. The summed E-state index contributed by atoms with van der Waals surface area (Å²) in [4.78, 5) is 12.1. The van der Waals surface area contributed by atoms with Crippen LogP contribution in [0.1, 0.15) is 22.3 Å². The summed E-state index contributed by atoms with van der Waals surface area (Å²) in [5.41, 5.74) is 7.96. The minimum atomic E-state index is 0.0534. The van der Waals surface area contributed by atoms with E-state index in [9.17, 15) is 4.79 Å². The van der Waals surface area contributed by atoms with Gasteiger partial charge in [0, 0.05) is 35.4 Å². The number of hydrogen-bond donors (Lipinski definition) is 1. The van der Waals surface area contributed by atoms with Gasteiger partial charge in [-0.25, -0.2) is 0 Å². The maximum atomic E-state index is 12.1. The lowest BCUT2D eigenvalue weighted by Gasteiger charge is -2.04. The molecule has 0 saturated carbocycles. The molecule has 0 atom stereocenters. The molecule has 5 heteroatoms. The molecule has 1 heterocycles. The highest BCUT2D eigenvalue weighted by Gasteiger charge is 2.10. The summed E-state index contributed by atoms with van der Waals surface area (Å²) in [6, 6.07) is 5.33. The van der Waals surface area contributed by atoms with Crippen LogP contribution in [0.4, 0.5) is 5.69 Å². The van der Waals surface area contributed by atoms with Crippen LogP contribution < -0.4 is 5.73 Å². The van der Waals surface area contributed by atoms with Crippen LogP contribution in [0.2, 0.25) is 0 Å². The number of aryl methyl sites for hydroxylation is 2. The van der Waals surface area contributed by atoms with Crippen LogP contribution in [0.3, 0.4) is 0 Å². The standard InChI is InChI=1S/C13H14BrN3O/c1-17-8-9(7-16-17)2-5-13(18)11-6-10(14)3-4-12(11)15/h3-4,6-8H,2,5,15H2,1H3. The average Bonchev–Trinajstić information content (AvgIpc) is 2.75. The molecular formula is C13H14BrN3O. The maximum Gasteiger partial charge on any atom is 0.165 e. The molecule has 18 heavy (non-hydrogen) atoms. The van der Waals surface area contributed by atoms with Crippen LogP contribution in [0.25, 0.3) is 0 Å². The van der Waals surface area contributed by atoms with Crippen molar-refractivity contribution in [1.29, 1.82) is 0 Å². The van der Waals surface area contributed by atoms with E-state index < -0.39 is 0 Å². The molecule has 0 spiro atoms. The summed E-state index contributed by atoms with van der Waals surface area (Å²) in [6.07, 6.45) is 4.81. The van der Waals surface area contributed by atoms with E-state index in [-0.39, 0.29) is 5.78 Å². The van der Waals surface area contributed by atoms with Gasteiger partial charge >= 0.3 is 0 Å². The molecule has 2 N–H and O–H groups in total. The second-order valence-electron chi connectivity index (χ2n) is 4.18. The van der Waals surface area contributed by atoms with Crippen molar-refractivity contribution in [3.05, 3.63) is 46.2 Å². The summed E-state index contributed by atoms with van der Waals surface area (Å²) >= 11 is 3.34. The SMILES string of the molecule is Cn1cc(CCC(=O)c2cc(Br)ccc2N)cn1. The van der Waals surface area contributed by atoms with Crippen molar-refractivity contribution in [2.45, 2.75) is 12.8 Å². The van der Waals surface area contributed by atoms with Crippen LogP contribution in [0.15, 0.2) is 35.1 Å². The minimum Gasteiger partial charge on any atom is -0.398 e. The predicted octanol–water partition coefficient (Wildman–Crippen LogP) is 2.58. The third-order valence-electron chi connectivity index (χ3n) is 2.71. The van der Waals surface area contributed by atoms with E-state index in [1.165, 1.54) is 0 Å². The number of ketones is 1. The number of nitrogens with two attached hydrogens (primary N) is 1. The highest BCUT2D eigenvalue weighted by Crippen LogP contribution is 2.20. The number of rotatable bonds is 4. The quantitative estimate of drug-likeness (QED) is 0.697. The van der Waals surface area contributed by atoms with Gasteiger partial charge in [-0.2, -0.15) is 5.10 Å². The zero-order valence-corrected chi connectivity index (χ0v) is 11.6. The minimum absolute atomic E-state index is 0.0534. The summed E-state index contributed by atoms with van der Waals surface area (Å²) in [5.74, 6) is 0.0534. The van der Waals surface area contributed by atoms with Crippen molar-refractivity contribution in [1.82, 2.24) is 9.78 Å². The first kappa shape index (κ1) is 12.8. The van der Waals surface area contributed by atoms with E-state index in [1.807, 2.05) is 19.3 Å². The van der Waals surface area contributed by atoms with Crippen LogP contribution in [-0.2, 0) is 13.5 Å². The van der Waals surface area contributed by atoms with Crippen molar-refractivity contribution in [2.75, 3.05) is 5.73 Å². The van der Waals surface area contributed by atoms with Gasteiger partial charge in [0.15, 0.2) is 5.78 Å². The molecule has 1 aromatic carbocycles. The highest BCUT2D eigenvalue weighted by atomic mass is 79.9. The highest BCUT2D eigenvalue weighted by molar-refractivity contribution is 9.10. The number of benzene rings is 1. The van der Waals surface area contributed by atoms with Gasteiger partial charge in [-0.15, -0.1) is 0 Å². The third-order valence-corrected chi connectivity index (χ3v) is 3.21. The van der Waals surface area contributed by atoms with Gasteiger partial charge < -0.3 is 5.73 Å². The van der Waals surface area contributed by atoms with Crippen molar-refractivity contribution < 1.29 is 4.79 Å². The molecule has 0 amide bonds. The molecule has 0 bridgehead atoms. The summed E-state index contributed by atoms with van der Waals surface area (Å²) in [7, 11) is 1.86. The Labute approximate surface area is 114 Å². The Morgan fingerprint density at radius 1 is 1.50 bits per heavy atom. The predicted molar refractivity (Wildman–Crippen MR) is 74.4 cm³/mol. The topological polar surface area (TPSA) is 60.9 Å². The summed E-state index contributed by atoms with van der Waals surface area (Å²) < 4.78 is 2.59. The first-order valence-corrected chi connectivity index (χ1v) is 6.41. The molecule has 0 saturated heterocycles. The van der Waals surface area contributed by atoms with E-state index in [4.69, 9.17) is 5.73 Å². The van der Waals surface area contributed by atoms with Gasteiger partial charge in [-0.05, 0) is 30.2 Å². The fourth-order valence-corrected chi connectivity index (χ4v) is 2.12. The molecule has 2 rings (SSSR count). The molecule has 0 fully saturated rings. The zero-order chi connectivity index (χ0) is 13.1. The molecule has 0 unspecified atom stereocenters. The van der Waals surface area contributed by atoms with E-state index in [1.54, 1.807) is 23.0 Å². The number of aromatic nitrogens is 2. The summed E-state index contributed by atoms with van der Waals surface area (Å²) in [6.45, 7) is 0. The van der Waals surface area contributed by atoms with E-state index in [0.29, 0.717) is 24.1 Å². The van der Waals surface area contributed by atoms with Crippen LogP contribution in [0, 0.1) is 0 Å². The van der Waals surface area contributed by atoms with Crippen LogP contribution >= 0.6 is 15.9 Å². The van der Waals surface area contributed by atoms with Crippen molar-refractivity contribution >= 4 is 27.4 Å². The second kappa shape index (κ2) is 5.35. The van der Waals surface area contributed by atoms with Gasteiger partial charge in [0.1, 0.15) is 0 Å². The fourth-order valence-electron chi connectivity index (χ4n) is 1.76. The van der Waals surface area contributed by atoms with Crippen LogP contribution in [-0.4, -0.2) is 15.6 Å². The van der Waals surface area contributed by atoms with Gasteiger partial charge in [0.2, 0.25) is 0 Å². The molecule has 0 radical (unpaired) electrons. The monoisotopic (exact) mass is 307 g/mol. The van der Waals surface area contributed by atoms with Gasteiger partial charge in [0.05, 0.1) is 6.20 Å². The Hall–Kier alpha value is -1.62. The normalized spacial score (nSPS) is 10.6. The Morgan fingerprint density at radius 3 is 2.94 bits per heavy atom. The number of nitrogens with zero attached hydrogens (tertiary/aromatic N) is 2. The number of nitrogen functional groups attached to an aromatic ring is 1. The number of halogens is 1. The van der Waals surface area contributed by atoms with E-state index in [2.05, 4.69) is 21.0 Å². The second-order valence-corrected chi connectivity index (χ2v) is 5.09. The Kier molecular flexibility index (Phi) is 3.81. The first-order valence-electron chi connectivity index (χ1n) is 5.62. The Bertz CT molecular complexity index is 577. The number of Topliss-reactive ketones (excluding diaryl/α,β-unsaturated/α-hetero) is 1. The molecule has 94 valence electrons. The van der Waals surface area contributed by atoms with E-state index >= 15 is 0 Å². The molecule has 4 nitrogen and oxygen atoms in total. The molecule has 2 aromatic rings. The Balaban J connectivity index is 2.05. The lowest BCUT2D eigenvalue weighted by Crippen LogP contribution is -2.05. The van der Waals surface area contributed by atoms with Gasteiger partial charge in [-0.1, -0.05) is 15.9 Å². The molecular weight excluding hydrogens is 294 g/mol. The zero-order valence-electron chi connectivity index (χ0n) is 10.1. The lowest BCUT2D eigenvalue weighted by atomic mass is 10.0. The van der Waals surface area contributed by atoms with Crippen LogP contribution in [0.5, 0.6) is 0 Å². The smallest absolute Gasteiger partial charge is 0.165 e. The van der Waals surface area contributed by atoms with Gasteiger partial charge in [-0.3, -0.25) is 9.48 Å². The van der Waals surface area contributed by atoms with Crippen molar-refractivity contribution in [3.63, 3.8) is 0 Å². The summed E-state index contributed by atoms with van der Waals surface area (Å²) in [5, 5.41) is 4.07. The number of carbonyl (C=O) groups is 1. The van der Waals surface area contributed by atoms with Crippen molar-refractivity contribution in [2.24, 2.45) is 7.05 Å². The largest absolute Gasteiger partial charge is 0.398 e.